The molecular weight excluding hydrogens is 355 g/mol. The Morgan fingerprint density at radius 3 is 2.64 bits per heavy atom. The van der Waals surface area contributed by atoms with Gasteiger partial charge in [-0.2, -0.15) is 0 Å². The normalized spacial score (nSPS) is 17.3. The van der Waals surface area contributed by atoms with Crippen LogP contribution in [0.25, 0.3) is 0 Å². The van der Waals surface area contributed by atoms with Crippen molar-refractivity contribution in [3.05, 3.63) is 65.5 Å². The van der Waals surface area contributed by atoms with Crippen LogP contribution < -0.4 is 4.74 Å². The molecule has 2 aromatic rings. The van der Waals surface area contributed by atoms with Crippen LogP contribution in [0.3, 0.4) is 0 Å². The number of carbonyl (C=O) groups is 1. The van der Waals surface area contributed by atoms with Gasteiger partial charge in [-0.15, -0.1) is 0 Å². The number of carbonyl (C=O) groups excluding carboxylic acids is 1. The minimum absolute atomic E-state index is 0.105. The molecule has 0 N–H and O–H groups in total. The van der Waals surface area contributed by atoms with Gasteiger partial charge in [0.15, 0.2) is 0 Å². The molecule has 150 valence electrons. The largest absolute Gasteiger partial charge is 0.497 e. The van der Waals surface area contributed by atoms with Gasteiger partial charge in [0.25, 0.3) is 0 Å². The third-order valence-electron chi connectivity index (χ3n) is 5.46. The van der Waals surface area contributed by atoms with E-state index in [-0.39, 0.29) is 17.9 Å². The van der Waals surface area contributed by atoms with Gasteiger partial charge in [-0.3, -0.25) is 9.69 Å². The van der Waals surface area contributed by atoms with Crippen LogP contribution in [-0.4, -0.2) is 49.1 Å². The highest BCUT2D eigenvalue weighted by Gasteiger charge is 2.28. The minimum Gasteiger partial charge on any atom is -0.497 e. The Hall–Kier alpha value is -2.40. The first-order valence-corrected chi connectivity index (χ1v) is 9.94. The summed E-state index contributed by atoms with van der Waals surface area (Å²) in [6.45, 7) is 1.59. The zero-order valence-electron chi connectivity index (χ0n) is 16.7. The van der Waals surface area contributed by atoms with Crippen LogP contribution in [0.1, 0.15) is 30.4 Å². The van der Waals surface area contributed by atoms with Crippen LogP contribution in [0.4, 0.5) is 4.39 Å². The summed E-state index contributed by atoms with van der Waals surface area (Å²) < 4.78 is 18.7. The Bertz CT molecular complexity index is 778. The predicted octanol–water partition coefficient (Wildman–Crippen LogP) is 3.89. The average molecular weight is 384 g/mol. The molecule has 5 heteroatoms. The van der Waals surface area contributed by atoms with Crippen LogP contribution in [0.2, 0.25) is 0 Å². The van der Waals surface area contributed by atoms with Crippen LogP contribution in [0, 0.1) is 5.82 Å². The van der Waals surface area contributed by atoms with Crippen LogP contribution in [-0.2, 0) is 17.6 Å². The molecule has 0 radical (unpaired) electrons. The fourth-order valence-corrected chi connectivity index (χ4v) is 3.85. The zero-order valence-corrected chi connectivity index (χ0v) is 16.7. The van der Waals surface area contributed by atoms with Gasteiger partial charge in [-0.05, 0) is 74.7 Å². The number of halogens is 1. The molecule has 2 aromatic carbocycles. The van der Waals surface area contributed by atoms with E-state index in [2.05, 4.69) is 11.9 Å². The molecule has 3 rings (SSSR count). The Morgan fingerprint density at radius 1 is 1.18 bits per heavy atom. The molecule has 4 nitrogen and oxygen atoms in total. The van der Waals surface area contributed by atoms with Crippen LogP contribution >= 0.6 is 0 Å². The summed E-state index contributed by atoms with van der Waals surface area (Å²) >= 11 is 0. The molecule has 1 aliphatic heterocycles. The molecule has 1 saturated heterocycles. The molecule has 1 heterocycles. The molecule has 1 amide bonds. The van der Waals surface area contributed by atoms with E-state index in [0.29, 0.717) is 19.4 Å². The lowest BCUT2D eigenvalue weighted by Crippen LogP contribution is -2.52. The van der Waals surface area contributed by atoms with E-state index >= 15 is 0 Å². The molecule has 0 bridgehead atoms. The van der Waals surface area contributed by atoms with Crippen molar-refractivity contribution in [3.8, 4) is 5.75 Å². The van der Waals surface area contributed by atoms with Crippen molar-refractivity contribution in [1.82, 2.24) is 9.80 Å². The van der Waals surface area contributed by atoms with E-state index in [1.54, 1.807) is 19.2 Å². The number of amides is 1. The fraction of sp³-hybridized carbons (Fsp3) is 0.435. The number of rotatable bonds is 7. The van der Waals surface area contributed by atoms with Gasteiger partial charge >= 0.3 is 0 Å². The van der Waals surface area contributed by atoms with Crippen molar-refractivity contribution in [2.75, 3.05) is 27.2 Å². The topological polar surface area (TPSA) is 32.8 Å². The maximum absolute atomic E-state index is 13.5. The third kappa shape index (κ3) is 5.32. The number of hydrogen-bond donors (Lipinski definition) is 0. The van der Waals surface area contributed by atoms with Crippen molar-refractivity contribution >= 4 is 5.91 Å². The zero-order chi connectivity index (χ0) is 19.9. The first kappa shape index (κ1) is 20.3. The van der Waals surface area contributed by atoms with Gasteiger partial charge in [0.1, 0.15) is 11.6 Å². The first-order chi connectivity index (χ1) is 13.6. The first-order valence-electron chi connectivity index (χ1n) is 9.94. The molecule has 0 aliphatic carbocycles. The maximum atomic E-state index is 13.5. The van der Waals surface area contributed by atoms with Crippen LogP contribution in [0.15, 0.2) is 48.5 Å². The van der Waals surface area contributed by atoms with Crippen LogP contribution in [0.5, 0.6) is 5.75 Å². The highest BCUT2D eigenvalue weighted by atomic mass is 19.1. The highest BCUT2D eigenvalue weighted by Crippen LogP contribution is 2.21. The van der Waals surface area contributed by atoms with E-state index in [1.165, 1.54) is 6.07 Å². The Balaban J connectivity index is 1.73. The second-order valence-electron chi connectivity index (χ2n) is 7.45. The van der Waals surface area contributed by atoms with Crippen molar-refractivity contribution in [2.45, 2.75) is 38.3 Å². The lowest BCUT2D eigenvalue weighted by atomic mass is 10.0. The van der Waals surface area contributed by atoms with Crippen molar-refractivity contribution in [2.24, 2.45) is 0 Å². The van der Waals surface area contributed by atoms with Crippen molar-refractivity contribution < 1.29 is 13.9 Å². The molecule has 28 heavy (non-hydrogen) atoms. The molecule has 1 unspecified atom stereocenters. The smallest absolute Gasteiger partial charge is 0.228 e. The molecular formula is C23H29FN2O2. The van der Waals surface area contributed by atoms with Gasteiger partial charge in [-0.1, -0.05) is 24.3 Å². The molecule has 0 saturated carbocycles. The lowest BCUT2D eigenvalue weighted by Gasteiger charge is -2.41. The van der Waals surface area contributed by atoms with Crippen molar-refractivity contribution in [3.63, 3.8) is 0 Å². The number of methoxy groups -OCH3 is 1. The number of benzene rings is 2. The summed E-state index contributed by atoms with van der Waals surface area (Å²) in [5.41, 5.74) is 1.89. The van der Waals surface area contributed by atoms with Gasteiger partial charge in [0, 0.05) is 6.54 Å². The third-order valence-corrected chi connectivity index (χ3v) is 5.46. The molecule has 1 atom stereocenters. The molecule has 1 aliphatic rings. The van der Waals surface area contributed by atoms with Crippen molar-refractivity contribution in [1.29, 1.82) is 0 Å². The Morgan fingerprint density at radius 2 is 1.96 bits per heavy atom. The van der Waals surface area contributed by atoms with Gasteiger partial charge in [0.2, 0.25) is 5.91 Å². The van der Waals surface area contributed by atoms with Gasteiger partial charge in [0.05, 0.1) is 19.7 Å². The summed E-state index contributed by atoms with van der Waals surface area (Å²) in [7, 11) is 3.72. The highest BCUT2D eigenvalue weighted by molar-refractivity contribution is 5.79. The molecule has 1 fully saturated rings. The summed E-state index contributed by atoms with van der Waals surface area (Å²) in [5.74, 6) is 0.662. The second kappa shape index (κ2) is 9.69. The van der Waals surface area contributed by atoms with Gasteiger partial charge < -0.3 is 9.64 Å². The van der Waals surface area contributed by atoms with E-state index in [1.807, 2.05) is 35.2 Å². The summed E-state index contributed by atoms with van der Waals surface area (Å²) in [5, 5.41) is 0. The van der Waals surface area contributed by atoms with E-state index in [9.17, 15) is 9.18 Å². The maximum Gasteiger partial charge on any atom is 0.228 e. The predicted molar refractivity (Wildman–Crippen MR) is 109 cm³/mol. The number of nitrogens with zero attached hydrogens (tertiary/aromatic N) is 2. The Kier molecular flexibility index (Phi) is 7.04. The quantitative estimate of drug-likeness (QED) is 0.726. The SMILES string of the molecule is COc1ccc(CC(=O)N(CCc2cccc(F)c2)C2CCCCN2C)cc1. The number of hydrogen-bond acceptors (Lipinski definition) is 3. The van der Waals surface area contributed by atoms with Gasteiger partial charge in [-0.25, -0.2) is 4.39 Å². The van der Waals surface area contributed by atoms with E-state index in [0.717, 1.165) is 42.7 Å². The number of ether oxygens (including phenoxy) is 1. The van der Waals surface area contributed by atoms with E-state index < -0.39 is 0 Å². The fourth-order valence-electron chi connectivity index (χ4n) is 3.85. The molecule has 0 spiro atoms. The summed E-state index contributed by atoms with van der Waals surface area (Å²) in [4.78, 5) is 17.4. The van der Waals surface area contributed by atoms with E-state index in [4.69, 9.17) is 4.74 Å². The average Bonchev–Trinajstić information content (AvgIpc) is 2.70. The summed E-state index contributed by atoms with van der Waals surface area (Å²) in [6, 6.07) is 14.3. The Labute approximate surface area is 166 Å². The second-order valence-corrected chi connectivity index (χ2v) is 7.45. The number of piperidine rings is 1. The standard InChI is InChI=1S/C23H29FN2O2/c1-25-14-4-3-8-22(25)26(15-13-18-6-5-7-20(24)16-18)23(27)17-19-9-11-21(28-2)12-10-19/h5-7,9-12,16,22H,3-4,8,13-15,17H2,1-2H3. The monoisotopic (exact) mass is 384 g/mol. The number of likely N-dealkylation sites (tertiary alicyclic amines) is 1. The lowest BCUT2D eigenvalue weighted by molar-refractivity contribution is -0.137. The minimum atomic E-state index is -0.233. The molecule has 0 aromatic heterocycles. The summed E-state index contributed by atoms with van der Waals surface area (Å²) in [6.07, 6.45) is 4.38.